The number of aryl methyl sites for hydroxylation is 1. The quantitative estimate of drug-likeness (QED) is 0.658. The zero-order valence-corrected chi connectivity index (χ0v) is 10.7. The Hall–Kier alpha value is -3.23. The minimum atomic E-state index is -1.16. The largest absolute Gasteiger partial charge is 0.477 e. The van der Waals surface area contributed by atoms with Crippen molar-refractivity contribution in [2.24, 2.45) is 0 Å². The van der Waals surface area contributed by atoms with Crippen molar-refractivity contribution in [1.29, 1.82) is 0 Å². The van der Waals surface area contributed by atoms with Gasteiger partial charge in [0.15, 0.2) is 5.82 Å². The van der Waals surface area contributed by atoms with Crippen LogP contribution in [0.2, 0.25) is 0 Å². The van der Waals surface area contributed by atoms with Gasteiger partial charge in [-0.1, -0.05) is 5.16 Å². The van der Waals surface area contributed by atoms with Gasteiger partial charge in [0, 0.05) is 12.3 Å². The van der Waals surface area contributed by atoms with Gasteiger partial charge in [-0.3, -0.25) is 9.89 Å². The molecule has 0 aliphatic carbocycles. The Kier molecular flexibility index (Phi) is 2.87. The van der Waals surface area contributed by atoms with Crippen LogP contribution in [0.25, 0.3) is 11.1 Å². The summed E-state index contributed by atoms with van der Waals surface area (Å²) in [6.07, 6.45) is 1.34. The molecule has 0 atom stereocenters. The van der Waals surface area contributed by atoms with E-state index >= 15 is 0 Å². The Morgan fingerprint density at radius 1 is 1.38 bits per heavy atom. The second-order valence-corrected chi connectivity index (χ2v) is 4.27. The summed E-state index contributed by atoms with van der Waals surface area (Å²) in [4.78, 5) is 26.8. The molecule has 3 rings (SSSR count). The molecule has 3 aromatic heterocycles. The Morgan fingerprint density at radius 2 is 2.19 bits per heavy atom. The second kappa shape index (κ2) is 4.71. The Morgan fingerprint density at radius 3 is 2.90 bits per heavy atom. The summed E-state index contributed by atoms with van der Waals surface area (Å²) in [6, 6.07) is 2.81. The molecular formula is C12H9N5O4. The van der Waals surface area contributed by atoms with Crippen molar-refractivity contribution in [3.63, 3.8) is 0 Å². The van der Waals surface area contributed by atoms with Crippen LogP contribution in [0.1, 0.15) is 26.5 Å². The average Bonchev–Trinajstić information content (AvgIpc) is 3.06. The summed E-state index contributed by atoms with van der Waals surface area (Å²) in [5.41, 5.74) is 1.14. The number of aromatic nitrogens is 4. The number of hydrogen-bond donors (Lipinski definition) is 3. The van der Waals surface area contributed by atoms with Crippen molar-refractivity contribution in [2.45, 2.75) is 6.92 Å². The maximum Gasteiger partial charge on any atom is 0.353 e. The van der Waals surface area contributed by atoms with Crippen LogP contribution in [-0.4, -0.2) is 37.3 Å². The highest BCUT2D eigenvalue weighted by Gasteiger charge is 2.14. The molecule has 0 aromatic carbocycles. The van der Waals surface area contributed by atoms with E-state index in [1.165, 1.54) is 12.3 Å². The third-order valence-corrected chi connectivity index (χ3v) is 2.82. The molecule has 9 nitrogen and oxygen atoms in total. The number of H-pyrrole nitrogens is 1. The molecular weight excluding hydrogens is 278 g/mol. The molecule has 21 heavy (non-hydrogen) atoms. The maximum atomic E-state index is 12.1. The summed E-state index contributed by atoms with van der Waals surface area (Å²) in [6.45, 7) is 1.74. The molecule has 0 saturated carbocycles. The van der Waals surface area contributed by atoms with E-state index < -0.39 is 11.9 Å². The minimum absolute atomic E-state index is 0.111. The first-order valence-corrected chi connectivity index (χ1v) is 5.86. The van der Waals surface area contributed by atoms with Gasteiger partial charge < -0.3 is 14.9 Å². The van der Waals surface area contributed by atoms with E-state index in [0.29, 0.717) is 16.8 Å². The van der Waals surface area contributed by atoms with Crippen LogP contribution in [0.15, 0.2) is 22.9 Å². The van der Waals surface area contributed by atoms with Crippen LogP contribution in [-0.2, 0) is 0 Å². The number of aromatic carboxylic acids is 1. The van der Waals surface area contributed by atoms with E-state index in [9.17, 15) is 9.59 Å². The molecule has 0 unspecified atom stereocenters. The molecule has 0 aliphatic rings. The first-order chi connectivity index (χ1) is 10.0. The molecule has 9 heteroatoms. The standard InChI is InChI=1S/C12H9N5O4/c1-5-7-2-6(4-13-11(7)21-17-5)10(18)14-9-3-8(12(19)20)15-16-9/h2-4H,1H3,(H,19,20)(H2,14,15,16,18). The Balaban J connectivity index is 1.85. The highest BCUT2D eigenvalue weighted by Crippen LogP contribution is 2.17. The van der Waals surface area contributed by atoms with E-state index in [-0.39, 0.29) is 17.1 Å². The van der Waals surface area contributed by atoms with Crippen LogP contribution in [0.4, 0.5) is 5.82 Å². The lowest BCUT2D eigenvalue weighted by Gasteiger charge is -2.00. The number of amides is 1. The molecule has 3 N–H and O–H groups in total. The van der Waals surface area contributed by atoms with Gasteiger partial charge in [0.2, 0.25) is 0 Å². The highest BCUT2D eigenvalue weighted by molar-refractivity contribution is 6.05. The lowest BCUT2D eigenvalue weighted by atomic mass is 10.2. The van der Waals surface area contributed by atoms with Gasteiger partial charge in [0.1, 0.15) is 5.69 Å². The van der Waals surface area contributed by atoms with Gasteiger partial charge in [0.05, 0.1) is 16.6 Å². The monoisotopic (exact) mass is 287 g/mol. The number of pyridine rings is 1. The number of aromatic amines is 1. The van der Waals surface area contributed by atoms with Crippen LogP contribution in [0.5, 0.6) is 0 Å². The fourth-order valence-electron chi connectivity index (χ4n) is 1.75. The van der Waals surface area contributed by atoms with Crippen molar-refractivity contribution in [1.82, 2.24) is 20.3 Å². The second-order valence-electron chi connectivity index (χ2n) is 4.27. The van der Waals surface area contributed by atoms with Gasteiger partial charge >= 0.3 is 5.97 Å². The summed E-state index contributed by atoms with van der Waals surface area (Å²) in [7, 11) is 0. The fraction of sp³-hybridized carbons (Fsp3) is 0.0833. The number of nitrogens with zero attached hydrogens (tertiary/aromatic N) is 3. The summed E-state index contributed by atoms with van der Waals surface area (Å²) in [5, 5.41) is 21.6. The topological polar surface area (TPSA) is 134 Å². The predicted octanol–water partition coefficient (Wildman–Crippen LogP) is 1.20. The van der Waals surface area contributed by atoms with Crippen molar-refractivity contribution in [3.8, 4) is 0 Å². The van der Waals surface area contributed by atoms with Crippen molar-refractivity contribution >= 4 is 28.8 Å². The van der Waals surface area contributed by atoms with E-state index in [1.807, 2.05) is 0 Å². The van der Waals surface area contributed by atoms with Crippen molar-refractivity contribution in [3.05, 3.63) is 35.3 Å². The molecule has 106 valence electrons. The summed E-state index contributed by atoms with van der Waals surface area (Å²) >= 11 is 0. The molecule has 0 fully saturated rings. The van der Waals surface area contributed by atoms with Gasteiger partial charge in [-0.25, -0.2) is 9.78 Å². The molecule has 1 amide bonds. The van der Waals surface area contributed by atoms with Gasteiger partial charge in [-0.2, -0.15) is 5.10 Å². The molecule has 0 radical (unpaired) electrons. The number of carboxylic acids is 1. The van der Waals surface area contributed by atoms with E-state index in [0.717, 1.165) is 0 Å². The van der Waals surface area contributed by atoms with E-state index in [2.05, 4.69) is 25.7 Å². The molecule has 0 bridgehead atoms. The molecule has 0 aliphatic heterocycles. The molecule has 0 spiro atoms. The number of anilines is 1. The van der Waals surface area contributed by atoms with Crippen LogP contribution >= 0.6 is 0 Å². The SMILES string of the molecule is Cc1noc2ncc(C(=O)Nc3cc(C(=O)O)[nH]n3)cc12. The first-order valence-electron chi connectivity index (χ1n) is 5.86. The van der Waals surface area contributed by atoms with Crippen LogP contribution in [0.3, 0.4) is 0 Å². The predicted molar refractivity (Wildman–Crippen MR) is 70.0 cm³/mol. The van der Waals surface area contributed by atoms with Crippen LogP contribution in [0, 0.1) is 6.92 Å². The number of hydrogen-bond acceptors (Lipinski definition) is 6. The highest BCUT2D eigenvalue weighted by atomic mass is 16.5. The molecule has 0 saturated heterocycles. The van der Waals surface area contributed by atoms with Gasteiger partial charge in [-0.05, 0) is 13.0 Å². The fourth-order valence-corrected chi connectivity index (χ4v) is 1.75. The smallest absolute Gasteiger partial charge is 0.353 e. The summed E-state index contributed by atoms with van der Waals surface area (Å²) < 4.78 is 4.96. The first kappa shape index (κ1) is 12.8. The number of carboxylic acid groups (broad SMARTS) is 1. The Labute approximate surface area is 117 Å². The minimum Gasteiger partial charge on any atom is -0.477 e. The number of carbonyl (C=O) groups is 2. The maximum absolute atomic E-state index is 12.1. The Bertz CT molecular complexity index is 850. The van der Waals surface area contributed by atoms with Gasteiger partial charge in [0.25, 0.3) is 11.6 Å². The summed E-state index contributed by atoms with van der Waals surface area (Å²) in [5.74, 6) is -1.51. The number of nitrogens with one attached hydrogen (secondary N) is 2. The third kappa shape index (κ3) is 2.31. The number of rotatable bonds is 3. The molecule has 3 aromatic rings. The van der Waals surface area contributed by atoms with Crippen LogP contribution < -0.4 is 5.32 Å². The zero-order valence-electron chi connectivity index (χ0n) is 10.7. The van der Waals surface area contributed by atoms with E-state index in [1.54, 1.807) is 13.0 Å². The number of fused-ring (bicyclic) bond motifs is 1. The third-order valence-electron chi connectivity index (χ3n) is 2.82. The zero-order chi connectivity index (χ0) is 15.0. The lowest BCUT2D eigenvalue weighted by molar-refractivity contribution is 0.0690. The normalized spacial score (nSPS) is 10.7. The van der Waals surface area contributed by atoms with E-state index in [4.69, 9.17) is 9.63 Å². The van der Waals surface area contributed by atoms with Gasteiger partial charge in [-0.15, -0.1) is 0 Å². The lowest BCUT2D eigenvalue weighted by Crippen LogP contribution is -2.12. The van der Waals surface area contributed by atoms with Crippen molar-refractivity contribution in [2.75, 3.05) is 5.32 Å². The van der Waals surface area contributed by atoms with Crippen molar-refractivity contribution < 1.29 is 19.2 Å². The molecule has 3 heterocycles. The average molecular weight is 287 g/mol. The number of carbonyl (C=O) groups excluding carboxylic acids is 1.